The van der Waals surface area contributed by atoms with Crippen molar-refractivity contribution in [1.29, 1.82) is 0 Å². The fourth-order valence-electron chi connectivity index (χ4n) is 2.70. The lowest BCUT2D eigenvalue weighted by Gasteiger charge is -2.21. The Kier molecular flexibility index (Phi) is 5.43. The summed E-state index contributed by atoms with van der Waals surface area (Å²) in [4.78, 5) is 0.226. The third kappa shape index (κ3) is 3.96. The largest absolute Gasteiger partial charge is 0.495 e. The lowest BCUT2D eigenvalue weighted by Crippen LogP contribution is -2.35. The predicted octanol–water partition coefficient (Wildman–Crippen LogP) is 3.09. The number of hydrogen-bond donors (Lipinski definition) is 1. The molecule has 0 spiro atoms. The number of rotatable bonds is 4. The van der Waals surface area contributed by atoms with Gasteiger partial charge in [0.1, 0.15) is 10.6 Å². The van der Waals surface area contributed by atoms with E-state index in [9.17, 15) is 8.42 Å². The maximum absolute atomic E-state index is 12.5. The maximum Gasteiger partial charge on any atom is 0.244 e. The molecule has 0 heterocycles. The van der Waals surface area contributed by atoms with Gasteiger partial charge in [0.25, 0.3) is 0 Å². The number of nitrogens with one attached hydrogen (secondary N) is 1. The molecule has 1 N–H and O–H groups in total. The van der Waals surface area contributed by atoms with Crippen molar-refractivity contribution in [2.75, 3.05) is 7.11 Å². The van der Waals surface area contributed by atoms with Crippen molar-refractivity contribution in [2.24, 2.45) is 0 Å². The molecule has 1 saturated carbocycles. The highest BCUT2D eigenvalue weighted by Crippen LogP contribution is 2.24. The van der Waals surface area contributed by atoms with Crippen molar-refractivity contribution in [1.82, 2.24) is 4.72 Å². The minimum absolute atomic E-state index is 0.0465. The Morgan fingerprint density at radius 1 is 1.05 bits per heavy atom. The molecular formula is C15H23NO3S. The van der Waals surface area contributed by atoms with E-state index in [1.165, 1.54) is 26.4 Å². The van der Waals surface area contributed by atoms with Gasteiger partial charge in [0, 0.05) is 6.04 Å². The molecule has 1 aliphatic rings. The van der Waals surface area contributed by atoms with Gasteiger partial charge < -0.3 is 4.74 Å². The molecule has 5 heteroatoms. The summed E-state index contributed by atoms with van der Waals surface area (Å²) in [5.74, 6) is 0.394. The Balaban J connectivity index is 2.13. The molecule has 0 radical (unpaired) electrons. The Morgan fingerprint density at radius 3 is 2.30 bits per heavy atom. The standard InChI is InChI=1S/C15H23NO3S/c1-19-14-11-7-8-12-15(14)20(17,18)16-13-9-5-3-2-4-6-10-13/h7-8,11-13,16H,2-6,9-10H2,1H3. The summed E-state index contributed by atoms with van der Waals surface area (Å²) >= 11 is 0. The Bertz CT molecular complexity index is 520. The van der Waals surface area contributed by atoms with E-state index in [0.717, 1.165) is 25.7 Å². The van der Waals surface area contributed by atoms with E-state index in [1.54, 1.807) is 24.3 Å². The van der Waals surface area contributed by atoms with E-state index < -0.39 is 10.0 Å². The van der Waals surface area contributed by atoms with E-state index in [4.69, 9.17) is 4.74 Å². The minimum Gasteiger partial charge on any atom is -0.495 e. The number of benzene rings is 1. The predicted molar refractivity (Wildman–Crippen MR) is 79.4 cm³/mol. The van der Waals surface area contributed by atoms with Gasteiger partial charge in [-0.3, -0.25) is 0 Å². The summed E-state index contributed by atoms with van der Waals surface area (Å²) in [5, 5.41) is 0. The van der Waals surface area contributed by atoms with Crippen molar-refractivity contribution in [3.8, 4) is 5.75 Å². The summed E-state index contributed by atoms with van der Waals surface area (Å²) < 4.78 is 33.0. The van der Waals surface area contributed by atoms with Gasteiger partial charge in [0.2, 0.25) is 10.0 Å². The summed E-state index contributed by atoms with van der Waals surface area (Å²) in [7, 11) is -2.02. The first-order chi connectivity index (χ1) is 9.63. The van der Waals surface area contributed by atoms with Gasteiger partial charge in [-0.2, -0.15) is 0 Å². The zero-order valence-electron chi connectivity index (χ0n) is 12.0. The third-order valence-corrected chi connectivity index (χ3v) is 5.35. The smallest absolute Gasteiger partial charge is 0.244 e. The second kappa shape index (κ2) is 7.09. The van der Waals surface area contributed by atoms with Gasteiger partial charge in [-0.15, -0.1) is 0 Å². The average Bonchev–Trinajstić information content (AvgIpc) is 2.41. The molecule has 0 bridgehead atoms. The molecule has 20 heavy (non-hydrogen) atoms. The second-order valence-electron chi connectivity index (χ2n) is 5.31. The number of sulfonamides is 1. The Labute approximate surface area is 121 Å². The molecule has 0 saturated heterocycles. The number of para-hydroxylation sites is 1. The van der Waals surface area contributed by atoms with Crippen LogP contribution in [0, 0.1) is 0 Å². The molecule has 112 valence electrons. The molecule has 1 aromatic carbocycles. The van der Waals surface area contributed by atoms with Crippen molar-refractivity contribution < 1.29 is 13.2 Å². The van der Waals surface area contributed by atoms with Gasteiger partial charge >= 0.3 is 0 Å². The highest BCUT2D eigenvalue weighted by Gasteiger charge is 2.23. The number of ether oxygens (including phenoxy) is 1. The van der Waals surface area contributed by atoms with Crippen LogP contribution < -0.4 is 9.46 Å². The number of hydrogen-bond acceptors (Lipinski definition) is 3. The van der Waals surface area contributed by atoms with Crippen LogP contribution in [0.4, 0.5) is 0 Å². The fraction of sp³-hybridized carbons (Fsp3) is 0.600. The number of methoxy groups -OCH3 is 1. The maximum atomic E-state index is 12.5. The van der Waals surface area contributed by atoms with Crippen LogP contribution in [0.15, 0.2) is 29.2 Å². The van der Waals surface area contributed by atoms with Crippen molar-refractivity contribution in [3.63, 3.8) is 0 Å². The molecule has 2 rings (SSSR count). The van der Waals surface area contributed by atoms with E-state index in [-0.39, 0.29) is 10.9 Å². The van der Waals surface area contributed by atoms with Crippen LogP contribution in [-0.2, 0) is 10.0 Å². The fourth-order valence-corrected chi connectivity index (χ4v) is 4.17. The van der Waals surface area contributed by atoms with Crippen molar-refractivity contribution in [2.45, 2.75) is 55.9 Å². The third-order valence-electron chi connectivity index (χ3n) is 3.79. The summed E-state index contributed by atoms with van der Waals surface area (Å²) in [6.07, 6.45) is 7.72. The molecule has 0 aliphatic heterocycles. The topological polar surface area (TPSA) is 55.4 Å². The van der Waals surface area contributed by atoms with Gasteiger partial charge in [-0.25, -0.2) is 13.1 Å². The molecule has 0 atom stereocenters. The normalized spacial score (nSPS) is 18.2. The SMILES string of the molecule is COc1ccccc1S(=O)(=O)NC1CCCCCCC1. The van der Waals surface area contributed by atoms with Crippen LogP contribution in [-0.4, -0.2) is 21.6 Å². The first-order valence-corrected chi connectivity index (χ1v) is 8.77. The highest BCUT2D eigenvalue weighted by molar-refractivity contribution is 7.89. The van der Waals surface area contributed by atoms with Gasteiger partial charge in [0.05, 0.1) is 7.11 Å². The van der Waals surface area contributed by atoms with Gasteiger partial charge in [-0.1, -0.05) is 44.2 Å². The molecule has 1 aromatic rings. The lowest BCUT2D eigenvalue weighted by molar-refractivity contribution is 0.399. The van der Waals surface area contributed by atoms with E-state index in [2.05, 4.69) is 4.72 Å². The van der Waals surface area contributed by atoms with Gasteiger partial charge in [-0.05, 0) is 25.0 Å². The van der Waals surface area contributed by atoms with Crippen molar-refractivity contribution in [3.05, 3.63) is 24.3 Å². The second-order valence-corrected chi connectivity index (χ2v) is 7.00. The quantitative estimate of drug-likeness (QED) is 0.929. The molecule has 0 unspecified atom stereocenters. The van der Waals surface area contributed by atoms with Crippen LogP contribution in [0.25, 0.3) is 0 Å². The summed E-state index contributed by atoms with van der Waals surface area (Å²) in [6.45, 7) is 0. The Morgan fingerprint density at radius 2 is 1.65 bits per heavy atom. The van der Waals surface area contributed by atoms with Crippen LogP contribution in [0.5, 0.6) is 5.75 Å². The monoisotopic (exact) mass is 297 g/mol. The molecule has 0 aromatic heterocycles. The molecular weight excluding hydrogens is 274 g/mol. The summed E-state index contributed by atoms with van der Waals surface area (Å²) in [6, 6.07) is 6.80. The Hall–Kier alpha value is -1.07. The molecule has 4 nitrogen and oxygen atoms in total. The van der Waals surface area contributed by atoms with Crippen LogP contribution in [0.1, 0.15) is 44.9 Å². The zero-order chi connectivity index (χ0) is 14.4. The average molecular weight is 297 g/mol. The van der Waals surface area contributed by atoms with Gasteiger partial charge in [0.15, 0.2) is 0 Å². The van der Waals surface area contributed by atoms with Crippen LogP contribution in [0.3, 0.4) is 0 Å². The van der Waals surface area contributed by atoms with E-state index >= 15 is 0 Å². The first-order valence-electron chi connectivity index (χ1n) is 7.29. The molecule has 1 aliphatic carbocycles. The van der Waals surface area contributed by atoms with Crippen LogP contribution in [0.2, 0.25) is 0 Å². The molecule has 0 amide bonds. The lowest BCUT2D eigenvalue weighted by atomic mass is 9.97. The summed E-state index contributed by atoms with van der Waals surface area (Å²) in [5.41, 5.74) is 0. The van der Waals surface area contributed by atoms with E-state index in [0.29, 0.717) is 5.75 Å². The van der Waals surface area contributed by atoms with E-state index in [1.807, 2.05) is 0 Å². The minimum atomic E-state index is -3.51. The zero-order valence-corrected chi connectivity index (χ0v) is 12.8. The first kappa shape index (κ1) is 15.3. The van der Waals surface area contributed by atoms with Crippen LogP contribution >= 0.6 is 0 Å². The van der Waals surface area contributed by atoms with Crippen molar-refractivity contribution >= 4 is 10.0 Å². The molecule has 1 fully saturated rings. The highest BCUT2D eigenvalue weighted by atomic mass is 32.2.